The van der Waals surface area contributed by atoms with Gasteiger partial charge in [-0.2, -0.15) is 0 Å². The third-order valence-corrected chi connectivity index (χ3v) is 11.8. The van der Waals surface area contributed by atoms with Crippen molar-refractivity contribution in [2.75, 3.05) is 0 Å². The van der Waals surface area contributed by atoms with Gasteiger partial charge in [0.2, 0.25) is 0 Å². The minimum atomic E-state index is -2.47. The number of phenolic OH excluding ortho intramolecular Hbond substituents is 1. The van der Waals surface area contributed by atoms with Crippen molar-refractivity contribution >= 4 is 11.0 Å². The first kappa shape index (κ1) is 35.1. The van der Waals surface area contributed by atoms with Crippen LogP contribution < -0.4 is 0 Å². The molecule has 0 amide bonds. The number of fused-ring (bicyclic) bond motifs is 1. The van der Waals surface area contributed by atoms with E-state index in [1.165, 1.54) is 0 Å². The quantitative estimate of drug-likeness (QED) is 0.147. The normalized spacial score (nSPS) is 13.6. The molecule has 0 aliphatic heterocycles. The Balaban J connectivity index is 0.00000693. The molecule has 7 aromatic carbocycles. The van der Waals surface area contributed by atoms with Crippen LogP contribution in [-0.2, 0) is 26.5 Å². The summed E-state index contributed by atoms with van der Waals surface area (Å²) >= 11 is 0. The number of aryl methyl sites for hydroxylation is 1. The van der Waals surface area contributed by atoms with Gasteiger partial charge in [0.05, 0.1) is 29.1 Å². The molecule has 0 aliphatic carbocycles. The monoisotopic (exact) mass is 1020 g/mol. The molecule has 0 saturated heterocycles. The molecule has 0 saturated carbocycles. The molecule has 0 aliphatic rings. The topological polar surface area (TPSA) is 50.9 Å². The minimum Gasteiger partial charge on any atom is -0.507 e. The molecule has 4 nitrogen and oxygen atoms in total. The SMILES string of the molecule is [2H]c1c([2H])c([2H])c(-c2ccnc(-c3[c-]c(-c4cccc5c4nc(-c4cc(C(C)C)cc(C(C)C)c4O)n5-c4cc(-c5ccccc5)c(C([2H])([2H])[2H])cc4-c4ccccc4)cc(C(C)(C)C)c3)c2)c([2H])c1[2H].[Pt]. The van der Waals surface area contributed by atoms with Gasteiger partial charge in [-0.3, -0.25) is 9.55 Å². The van der Waals surface area contributed by atoms with Crippen LogP contribution in [0.25, 0.3) is 83.9 Å². The van der Waals surface area contributed by atoms with Crippen LogP contribution in [0.2, 0.25) is 0 Å². The summed E-state index contributed by atoms with van der Waals surface area (Å²) in [4.78, 5) is 10.3. The molecule has 0 atom stereocenters. The average molecular weight is 1020 g/mol. The van der Waals surface area contributed by atoms with Gasteiger partial charge in [0.1, 0.15) is 11.6 Å². The van der Waals surface area contributed by atoms with E-state index < -0.39 is 25.0 Å². The van der Waals surface area contributed by atoms with Gasteiger partial charge in [-0.05, 0) is 98.9 Å². The number of rotatable bonds is 9. The number of benzene rings is 7. The number of aromatic hydroxyl groups is 1. The molecule has 322 valence electrons. The molecule has 0 bridgehead atoms. The summed E-state index contributed by atoms with van der Waals surface area (Å²) in [6.07, 6.45) is 1.58. The molecule has 0 unspecified atom stereocenters. The Morgan fingerprint density at radius 1 is 0.656 bits per heavy atom. The van der Waals surface area contributed by atoms with Gasteiger partial charge in [0, 0.05) is 42.6 Å². The first-order valence-corrected chi connectivity index (χ1v) is 21.4. The maximum absolute atomic E-state index is 12.4. The summed E-state index contributed by atoms with van der Waals surface area (Å²) in [7, 11) is 0. The van der Waals surface area contributed by atoms with Crippen molar-refractivity contribution in [3.05, 3.63) is 192 Å². The minimum absolute atomic E-state index is 0. The van der Waals surface area contributed by atoms with E-state index in [-0.39, 0.29) is 67.3 Å². The van der Waals surface area contributed by atoms with Gasteiger partial charge in [0.15, 0.2) is 0 Å². The van der Waals surface area contributed by atoms with Crippen LogP contribution in [0, 0.1) is 12.9 Å². The fraction of sp³-hybridized carbons (Fsp3) is 0.186. The summed E-state index contributed by atoms with van der Waals surface area (Å²) in [5, 5.41) is 12.4. The van der Waals surface area contributed by atoms with Crippen LogP contribution in [0.4, 0.5) is 0 Å². The number of nitrogens with zero attached hydrogens (tertiary/aromatic N) is 3. The number of hydrogen-bond donors (Lipinski definition) is 1. The van der Waals surface area contributed by atoms with Crippen molar-refractivity contribution < 1.29 is 37.1 Å². The van der Waals surface area contributed by atoms with Crippen LogP contribution in [0.3, 0.4) is 0 Å². The van der Waals surface area contributed by atoms with E-state index in [0.29, 0.717) is 61.6 Å². The van der Waals surface area contributed by atoms with E-state index in [2.05, 4.69) is 71.2 Å². The van der Waals surface area contributed by atoms with Crippen molar-refractivity contribution in [1.82, 2.24) is 14.5 Å². The Hall–Kier alpha value is -6.35. The van der Waals surface area contributed by atoms with Gasteiger partial charge in [-0.15, -0.1) is 29.3 Å². The smallest absolute Gasteiger partial charge is 0.148 e. The van der Waals surface area contributed by atoms with E-state index in [9.17, 15) is 5.11 Å². The number of pyridine rings is 1. The maximum Gasteiger partial charge on any atom is 0.148 e. The summed E-state index contributed by atoms with van der Waals surface area (Å²) in [5.41, 5.74) is 10.9. The van der Waals surface area contributed by atoms with Gasteiger partial charge in [0.25, 0.3) is 0 Å². The van der Waals surface area contributed by atoms with E-state index in [1.807, 2.05) is 97.1 Å². The molecular formula is C59H54N3OPt-. The summed E-state index contributed by atoms with van der Waals surface area (Å²) in [5.74, 6) is 0.668. The summed E-state index contributed by atoms with van der Waals surface area (Å²) < 4.78 is 70.8. The fourth-order valence-corrected chi connectivity index (χ4v) is 8.26. The van der Waals surface area contributed by atoms with Crippen molar-refractivity contribution in [3.8, 4) is 78.6 Å². The van der Waals surface area contributed by atoms with Gasteiger partial charge >= 0.3 is 0 Å². The number of aromatic nitrogens is 3. The van der Waals surface area contributed by atoms with Crippen molar-refractivity contribution in [2.45, 2.75) is 72.6 Å². The second kappa shape index (κ2) is 18.0. The molecule has 2 heterocycles. The molecule has 64 heavy (non-hydrogen) atoms. The van der Waals surface area contributed by atoms with E-state index in [1.54, 1.807) is 24.4 Å². The molecule has 9 rings (SSSR count). The molecule has 5 heteroatoms. The molecule has 0 radical (unpaired) electrons. The molecular weight excluding hydrogens is 962 g/mol. The van der Waals surface area contributed by atoms with Crippen LogP contribution in [0.15, 0.2) is 164 Å². The number of hydrogen-bond acceptors (Lipinski definition) is 3. The zero-order chi connectivity index (χ0) is 50.8. The second-order valence-corrected chi connectivity index (χ2v) is 17.8. The Morgan fingerprint density at radius 2 is 1.34 bits per heavy atom. The van der Waals surface area contributed by atoms with Gasteiger partial charge in [-0.1, -0.05) is 175 Å². The first-order chi connectivity index (χ1) is 33.6. The van der Waals surface area contributed by atoms with E-state index in [4.69, 9.17) is 20.9 Å². The van der Waals surface area contributed by atoms with Crippen LogP contribution in [0.5, 0.6) is 5.75 Å². The predicted molar refractivity (Wildman–Crippen MR) is 264 cm³/mol. The number of imidazole rings is 1. The van der Waals surface area contributed by atoms with Crippen molar-refractivity contribution in [1.29, 1.82) is 0 Å². The largest absolute Gasteiger partial charge is 0.507 e. The van der Waals surface area contributed by atoms with Crippen LogP contribution >= 0.6 is 0 Å². The Labute approximate surface area is 404 Å². The van der Waals surface area contributed by atoms with E-state index in [0.717, 1.165) is 33.4 Å². The Morgan fingerprint density at radius 3 is 2.00 bits per heavy atom. The number of phenols is 1. The van der Waals surface area contributed by atoms with Gasteiger partial charge < -0.3 is 5.11 Å². The molecule has 1 N–H and O–H groups in total. The van der Waals surface area contributed by atoms with E-state index >= 15 is 0 Å². The maximum atomic E-state index is 12.4. The summed E-state index contributed by atoms with van der Waals surface area (Å²) in [6.45, 7) is 12.3. The molecule has 9 aromatic rings. The van der Waals surface area contributed by atoms with Crippen molar-refractivity contribution in [2.24, 2.45) is 0 Å². The average Bonchev–Trinajstić information content (AvgIpc) is 3.74. The second-order valence-electron chi connectivity index (χ2n) is 17.8. The predicted octanol–water partition coefficient (Wildman–Crippen LogP) is 15.8. The fourth-order valence-electron chi connectivity index (χ4n) is 8.26. The summed E-state index contributed by atoms with van der Waals surface area (Å²) in [6, 6.07) is 42.3. The standard InChI is InChI=1S/C59H54N3O.Pt/c1-37(2)44-33-49(38(3)4)57(63)52(34-44)58-61-56-48(45-30-46(32-47(31-45)59(6,7)8)53-35-43(27-28-60-53)40-19-12-9-13-20-40)25-18-26-54(56)62(58)55-36-50(41-21-14-10-15-22-41)39(5)29-51(55)42-23-16-11-17-24-42;/h9-29,31-38,63H,1-8H3;/q-1;/i5D3,9D,12D,13D,19D,20D;. The molecule has 0 fully saturated rings. The third kappa shape index (κ3) is 8.52. The molecule has 0 spiro atoms. The zero-order valence-corrected chi connectivity index (χ0v) is 39.2. The Kier molecular flexibility index (Phi) is 9.87. The zero-order valence-electron chi connectivity index (χ0n) is 45.0. The number of para-hydroxylation sites is 1. The first-order valence-electron chi connectivity index (χ1n) is 25.4. The van der Waals surface area contributed by atoms with Crippen molar-refractivity contribution in [3.63, 3.8) is 0 Å². The van der Waals surface area contributed by atoms with Gasteiger partial charge in [-0.25, -0.2) is 4.98 Å². The third-order valence-electron chi connectivity index (χ3n) is 11.8. The Bertz CT molecular complexity index is 3500. The molecule has 2 aromatic heterocycles. The van der Waals surface area contributed by atoms with Crippen LogP contribution in [-0.4, -0.2) is 19.6 Å². The van der Waals surface area contributed by atoms with Crippen LogP contribution in [0.1, 0.15) is 93.5 Å².